The Hall–Kier alpha value is -3.30. The quantitative estimate of drug-likeness (QED) is 0.358. The monoisotopic (exact) mass is 451 g/mol. The molecular weight excluding hydrogens is 418 g/mol. The van der Waals surface area contributed by atoms with Gasteiger partial charge in [-0.1, -0.05) is 30.3 Å². The predicted octanol–water partition coefficient (Wildman–Crippen LogP) is 2.57. The summed E-state index contributed by atoms with van der Waals surface area (Å²) in [6.45, 7) is 5.75. The van der Waals surface area contributed by atoms with E-state index in [4.69, 9.17) is 9.47 Å². The molecule has 4 N–H and O–H groups in total. The zero-order valence-electron chi connectivity index (χ0n) is 18.8. The van der Waals surface area contributed by atoms with E-state index in [1.54, 1.807) is 20.8 Å². The first-order chi connectivity index (χ1) is 15.1. The van der Waals surface area contributed by atoms with E-state index in [0.717, 1.165) is 5.56 Å². The summed E-state index contributed by atoms with van der Waals surface area (Å²) in [5.41, 5.74) is 0.252. The van der Waals surface area contributed by atoms with E-state index in [1.807, 2.05) is 30.3 Å². The van der Waals surface area contributed by atoms with Crippen LogP contribution in [0.3, 0.4) is 0 Å². The molecule has 1 aromatic carbocycles. The fourth-order valence-corrected chi connectivity index (χ4v) is 2.55. The third-order valence-corrected chi connectivity index (χ3v) is 4.06. The number of rotatable bonds is 12. The summed E-state index contributed by atoms with van der Waals surface area (Å²) >= 11 is 0. The maximum absolute atomic E-state index is 12.0. The van der Waals surface area contributed by atoms with Crippen molar-refractivity contribution in [1.29, 1.82) is 0 Å². The van der Waals surface area contributed by atoms with Gasteiger partial charge in [0.05, 0.1) is 0 Å². The topological polar surface area (TPSA) is 143 Å². The van der Waals surface area contributed by atoms with Crippen LogP contribution in [0.1, 0.15) is 52.0 Å². The predicted molar refractivity (Wildman–Crippen MR) is 117 cm³/mol. The molecule has 3 amide bonds. The van der Waals surface area contributed by atoms with Gasteiger partial charge in [0.25, 0.3) is 0 Å². The number of carboxylic acid groups (broad SMARTS) is 1. The average Bonchev–Trinajstić information content (AvgIpc) is 2.70. The maximum Gasteiger partial charge on any atom is 0.407 e. The molecule has 0 fully saturated rings. The van der Waals surface area contributed by atoms with Crippen molar-refractivity contribution in [3.05, 3.63) is 35.9 Å². The number of alkyl carbamates (subject to hydrolysis) is 2. The Bertz CT molecular complexity index is 748. The molecule has 10 heteroatoms. The summed E-state index contributed by atoms with van der Waals surface area (Å²) < 4.78 is 10.1. The fourth-order valence-electron chi connectivity index (χ4n) is 2.55. The molecule has 0 aromatic heterocycles. The summed E-state index contributed by atoms with van der Waals surface area (Å²) in [5, 5.41) is 16.8. The van der Waals surface area contributed by atoms with Gasteiger partial charge in [-0.2, -0.15) is 0 Å². The van der Waals surface area contributed by atoms with Crippen LogP contribution < -0.4 is 16.0 Å². The van der Waals surface area contributed by atoms with Gasteiger partial charge in [-0.15, -0.1) is 0 Å². The Morgan fingerprint density at radius 2 is 1.62 bits per heavy atom. The van der Waals surface area contributed by atoms with E-state index in [-0.39, 0.29) is 26.0 Å². The van der Waals surface area contributed by atoms with Gasteiger partial charge in [-0.05, 0) is 45.6 Å². The molecule has 0 aliphatic rings. The van der Waals surface area contributed by atoms with Crippen LogP contribution in [0.5, 0.6) is 0 Å². The van der Waals surface area contributed by atoms with Crippen LogP contribution in [-0.2, 0) is 25.7 Å². The lowest BCUT2D eigenvalue weighted by molar-refractivity contribution is -0.142. The number of hydrogen-bond donors (Lipinski definition) is 4. The minimum absolute atomic E-state index is 0.0194. The van der Waals surface area contributed by atoms with Gasteiger partial charge >= 0.3 is 18.2 Å². The highest BCUT2D eigenvalue weighted by Gasteiger charge is 2.20. The van der Waals surface area contributed by atoms with Crippen LogP contribution >= 0.6 is 0 Å². The van der Waals surface area contributed by atoms with E-state index in [2.05, 4.69) is 16.0 Å². The van der Waals surface area contributed by atoms with Gasteiger partial charge < -0.3 is 30.5 Å². The molecule has 1 atom stereocenters. The Labute approximate surface area is 188 Å². The highest BCUT2D eigenvalue weighted by Crippen LogP contribution is 2.07. The zero-order valence-corrected chi connectivity index (χ0v) is 18.8. The number of nitrogens with one attached hydrogen (secondary N) is 3. The first-order valence-corrected chi connectivity index (χ1v) is 10.5. The van der Waals surface area contributed by atoms with E-state index >= 15 is 0 Å². The molecule has 32 heavy (non-hydrogen) atoms. The summed E-state index contributed by atoms with van der Waals surface area (Å²) in [7, 11) is 0. The second-order valence-electron chi connectivity index (χ2n) is 8.12. The van der Waals surface area contributed by atoms with Gasteiger partial charge in [0.1, 0.15) is 18.2 Å². The second-order valence-corrected chi connectivity index (χ2v) is 8.12. The van der Waals surface area contributed by atoms with Crippen molar-refractivity contribution in [2.75, 3.05) is 13.1 Å². The Balaban J connectivity index is 2.20. The van der Waals surface area contributed by atoms with Gasteiger partial charge in [0, 0.05) is 19.5 Å². The number of carbonyl (C=O) groups is 4. The summed E-state index contributed by atoms with van der Waals surface area (Å²) in [6.07, 6.45) is -0.0388. The number of hydrogen-bond acceptors (Lipinski definition) is 6. The molecule has 0 saturated heterocycles. The van der Waals surface area contributed by atoms with Crippen molar-refractivity contribution in [2.45, 2.75) is 64.7 Å². The lowest BCUT2D eigenvalue weighted by Crippen LogP contribution is -2.42. The van der Waals surface area contributed by atoms with Crippen LogP contribution in [0.15, 0.2) is 30.3 Å². The van der Waals surface area contributed by atoms with Crippen molar-refractivity contribution in [3.63, 3.8) is 0 Å². The second kappa shape index (κ2) is 13.9. The fraction of sp³-hybridized carbons (Fsp3) is 0.545. The van der Waals surface area contributed by atoms with E-state index in [1.165, 1.54) is 0 Å². The van der Waals surface area contributed by atoms with Crippen LogP contribution in [-0.4, -0.2) is 53.9 Å². The van der Waals surface area contributed by atoms with E-state index in [9.17, 15) is 24.3 Å². The molecule has 1 rings (SSSR count). The molecule has 0 saturated carbocycles. The standard InChI is InChI=1S/C22H33N3O7/c1-22(2,3)32-21(30)23-13-8-7-11-17(19(27)28)25-18(26)12-14-24-20(29)31-15-16-9-5-4-6-10-16/h4-6,9-10,17H,7-8,11-15H2,1-3H3,(H,23,30)(H,24,29)(H,25,26)(H,27,28)/t17-/m0/s1. The molecule has 0 heterocycles. The smallest absolute Gasteiger partial charge is 0.407 e. The highest BCUT2D eigenvalue weighted by atomic mass is 16.6. The first kappa shape index (κ1) is 26.7. The van der Waals surface area contributed by atoms with Crippen LogP contribution in [0.2, 0.25) is 0 Å². The van der Waals surface area contributed by atoms with Crippen molar-refractivity contribution in [1.82, 2.24) is 16.0 Å². The number of amides is 3. The molecule has 0 unspecified atom stereocenters. The normalized spacial score (nSPS) is 11.7. The van der Waals surface area contributed by atoms with Gasteiger partial charge in [-0.25, -0.2) is 14.4 Å². The highest BCUT2D eigenvalue weighted by molar-refractivity contribution is 5.83. The third kappa shape index (κ3) is 13.1. The molecular formula is C22H33N3O7. The molecule has 0 bridgehead atoms. The molecule has 10 nitrogen and oxygen atoms in total. The zero-order chi connectivity index (χ0) is 24.0. The number of aliphatic carboxylic acids is 1. The van der Waals surface area contributed by atoms with Crippen LogP contribution in [0.25, 0.3) is 0 Å². The average molecular weight is 452 g/mol. The molecule has 0 radical (unpaired) electrons. The van der Waals surface area contributed by atoms with E-state index in [0.29, 0.717) is 19.4 Å². The number of benzene rings is 1. The maximum atomic E-state index is 12.0. The molecule has 0 aliphatic heterocycles. The number of carbonyl (C=O) groups excluding carboxylic acids is 3. The van der Waals surface area contributed by atoms with Crippen molar-refractivity contribution >= 4 is 24.1 Å². The number of unbranched alkanes of at least 4 members (excludes halogenated alkanes) is 1. The third-order valence-electron chi connectivity index (χ3n) is 4.06. The number of ether oxygens (including phenoxy) is 2. The molecule has 178 valence electrons. The Morgan fingerprint density at radius 3 is 2.25 bits per heavy atom. The summed E-state index contributed by atoms with van der Waals surface area (Å²) in [6, 6.07) is 8.11. The largest absolute Gasteiger partial charge is 0.480 e. The molecule has 0 spiro atoms. The molecule has 0 aliphatic carbocycles. The van der Waals surface area contributed by atoms with Gasteiger partial charge in [-0.3, -0.25) is 4.79 Å². The first-order valence-electron chi connectivity index (χ1n) is 10.5. The lowest BCUT2D eigenvalue weighted by Gasteiger charge is -2.19. The summed E-state index contributed by atoms with van der Waals surface area (Å²) in [4.78, 5) is 46.6. The number of carboxylic acids is 1. The van der Waals surface area contributed by atoms with Gasteiger partial charge in [0.2, 0.25) is 5.91 Å². The SMILES string of the molecule is CC(C)(C)OC(=O)NCCCC[C@H](NC(=O)CCNC(=O)OCc1ccccc1)C(=O)O. The van der Waals surface area contributed by atoms with Crippen LogP contribution in [0, 0.1) is 0 Å². The Morgan fingerprint density at radius 1 is 0.969 bits per heavy atom. The minimum Gasteiger partial charge on any atom is -0.480 e. The lowest BCUT2D eigenvalue weighted by atomic mass is 10.1. The van der Waals surface area contributed by atoms with Crippen molar-refractivity contribution in [2.24, 2.45) is 0 Å². The van der Waals surface area contributed by atoms with Crippen molar-refractivity contribution < 1.29 is 33.8 Å². The van der Waals surface area contributed by atoms with Crippen molar-refractivity contribution in [3.8, 4) is 0 Å². The van der Waals surface area contributed by atoms with Gasteiger partial charge in [0.15, 0.2) is 0 Å². The van der Waals surface area contributed by atoms with E-state index < -0.39 is 35.7 Å². The summed E-state index contributed by atoms with van der Waals surface area (Å²) in [5.74, 6) is -1.64. The molecule has 1 aromatic rings. The minimum atomic E-state index is -1.14. The van der Waals surface area contributed by atoms with Crippen LogP contribution in [0.4, 0.5) is 9.59 Å². The Kier molecular flexibility index (Phi) is 11.6.